The molecule has 29 heavy (non-hydrogen) atoms. The van der Waals surface area contributed by atoms with Crippen molar-refractivity contribution in [2.24, 2.45) is 4.99 Å². The Balaban J connectivity index is 1.66. The number of nitrogens with zero attached hydrogens (tertiary/aromatic N) is 3. The Morgan fingerprint density at radius 2 is 1.93 bits per heavy atom. The van der Waals surface area contributed by atoms with Crippen LogP contribution in [0.1, 0.15) is 23.2 Å². The molecule has 1 amide bonds. The molecule has 1 heterocycles. The van der Waals surface area contributed by atoms with Crippen molar-refractivity contribution in [3.05, 3.63) is 58.9 Å². The summed E-state index contributed by atoms with van der Waals surface area (Å²) in [6.45, 7) is 0.306. The van der Waals surface area contributed by atoms with Gasteiger partial charge >= 0.3 is 0 Å². The first-order valence-electron chi connectivity index (χ1n) is 9.11. The van der Waals surface area contributed by atoms with Gasteiger partial charge in [0.25, 0.3) is 5.91 Å². The van der Waals surface area contributed by atoms with Gasteiger partial charge < -0.3 is 4.57 Å². The summed E-state index contributed by atoms with van der Waals surface area (Å²) in [7, 11) is -1.95. The summed E-state index contributed by atoms with van der Waals surface area (Å²) in [5.74, 6) is 2.15. The van der Waals surface area contributed by atoms with E-state index in [-0.39, 0.29) is 10.9 Å². The number of terminal acetylenes is 1. The molecule has 2 aromatic carbocycles. The van der Waals surface area contributed by atoms with Crippen molar-refractivity contribution in [2.75, 3.05) is 7.05 Å². The normalized spacial score (nSPS) is 15.0. The maximum atomic E-state index is 12.7. The van der Waals surface area contributed by atoms with Gasteiger partial charge in [-0.1, -0.05) is 29.4 Å². The summed E-state index contributed by atoms with van der Waals surface area (Å²) < 4.78 is 29.4. The molecule has 0 unspecified atom stereocenters. The molecule has 4 rings (SSSR count). The third-order valence-electron chi connectivity index (χ3n) is 4.87. The lowest BCUT2D eigenvalue weighted by atomic mass is 10.2. The fraction of sp³-hybridized carbons (Fsp3) is 0.238. The van der Waals surface area contributed by atoms with E-state index in [0.717, 1.165) is 23.1 Å². The molecular weight excluding hydrogens is 406 g/mol. The quantitative estimate of drug-likeness (QED) is 0.590. The van der Waals surface area contributed by atoms with Crippen molar-refractivity contribution in [3.63, 3.8) is 0 Å². The number of carbonyl (C=O) groups is 1. The number of sulfonamides is 1. The summed E-state index contributed by atoms with van der Waals surface area (Å²) in [4.78, 5) is 17.6. The zero-order valence-electron chi connectivity index (χ0n) is 15.8. The number of aromatic nitrogens is 1. The number of benzene rings is 2. The SMILES string of the molecule is C#CCn1c(=NC(=O)c2ccc(S(=O)(=O)N(C)C3CC3)cc2)sc2ccccc21. The first-order valence-corrected chi connectivity index (χ1v) is 11.4. The van der Waals surface area contributed by atoms with Crippen LogP contribution in [0, 0.1) is 12.3 Å². The van der Waals surface area contributed by atoms with E-state index in [1.54, 1.807) is 7.05 Å². The minimum Gasteiger partial charge on any atom is -0.305 e. The van der Waals surface area contributed by atoms with E-state index in [9.17, 15) is 13.2 Å². The molecule has 6 nitrogen and oxygen atoms in total. The maximum Gasteiger partial charge on any atom is 0.279 e. The van der Waals surface area contributed by atoms with Gasteiger partial charge in [-0.05, 0) is 49.2 Å². The van der Waals surface area contributed by atoms with Crippen LogP contribution in [0.3, 0.4) is 0 Å². The number of thiazole rings is 1. The molecule has 0 bridgehead atoms. The van der Waals surface area contributed by atoms with Gasteiger partial charge in [-0.15, -0.1) is 6.42 Å². The maximum absolute atomic E-state index is 12.7. The van der Waals surface area contributed by atoms with Crippen LogP contribution in [0.2, 0.25) is 0 Å². The van der Waals surface area contributed by atoms with Crippen LogP contribution in [0.15, 0.2) is 58.4 Å². The second-order valence-electron chi connectivity index (χ2n) is 6.84. The number of carbonyl (C=O) groups excluding carboxylic acids is 1. The van der Waals surface area contributed by atoms with E-state index in [4.69, 9.17) is 6.42 Å². The number of hydrogen-bond donors (Lipinski definition) is 0. The Hall–Kier alpha value is -2.73. The molecule has 8 heteroatoms. The average molecular weight is 426 g/mol. The minimum atomic E-state index is -3.54. The molecule has 0 radical (unpaired) electrons. The fourth-order valence-corrected chi connectivity index (χ4v) is 5.52. The number of fused-ring (bicyclic) bond motifs is 1. The Morgan fingerprint density at radius 1 is 1.24 bits per heavy atom. The van der Waals surface area contributed by atoms with Crippen molar-refractivity contribution in [1.29, 1.82) is 0 Å². The number of hydrogen-bond acceptors (Lipinski definition) is 4. The predicted molar refractivity (Wildman–Crippen MR) is 113 cm³/mol. The van der Waals surface area contributed by atoms with Crippen molar-refractivity contribution >= 4 is 37.5 Å². The van der Waals surface area contributed by atoms with Gasteiger partial charge in [0.1, 0.15) is 0 Å². The Morgan fingerprint density at radius 3 is 2.59 bits per heavy atom. The zero-order chi connectivity index (χ0) is 20.6. The standard InChI is InChI=1S/C21H19N3O3S2/c1-3-14-24-18-6-4-5-7-19(18)28-21(24)22-20(25)15-8-12-17(13-9-15)29(26,27)23(2)16-10-11-16/h1,4-9,12-13,16H,10-11,14H2,2H3. The van der Waals surface area contributed by atoms with Crippen molar-refractivity contribution in [3.8, 4) is 12.3 Å². The summed E-state index contributed by atoms with van der Waals surface area (Å²) in [5.41, 5.74) is 1.24. The number of para-hydroxylation sites is 1. The van der Waals surface area contributed by atoms with Crippen LogP contribution in [0.25, 0.3) is 10.2 Å². The highest BCUT2D eigenvalue weighted by molar-refractivity contribution is 7.89. The third-order valence-corrected chi connectivity index (χ3v) is 7.86. The highest BCUT2D eigenvalue weighted by Crippen LogP contribution is 2.30. The van der Waals surface area contributed by atoms with Gasteiger partial charge in [0, 0.05) is 18.7 Å². The lowest BCUT2D eigenvalue weighted by Crippen LogP contribution is -2.28. The molecule has 0 spiro atoms. The van der Waals surface area contributed by atoms with Gasteiger partial charge in [0.15, 0.2) is 4.80 Å². The monoisotopic (exact) mass is 425 g/mol. The van der Waals surface area contributed by atoms with Crippen LogP contribution >= 0.6 is 11.3 Å². The molecule has 1 aliphatic carbocycles. The first-order chi connectivity index (χ1) is 13.9. The minimum absolute atomic E-state index is 0.0795. The molecule has 1 aromatic heterocycles. The smallest absolute Gasteiger partial charge is 0.279 e. The summed E-state index contributed by atoms with van der Waals surface area (Å²) >= 11 is 1.39. The Kier molecular flexibility index (Phi) is 5.13. The van der Waals surface area contributed by atoms with E-state index >= 15 is 0 Å². The fourth-order valence-electron chi connectivity index (χ4n) is 3.07. The van der Waals surface area contributed by atoms with Gasteiger partial charge in [-0.3, -0.25) is 4.79 Å². The molecular formula is C21H19N3O3S2. The van der Waals surface area contributed by atoms with Crippen LogP contribution < -0.4 is 4.80 Å². The van der Waals surface area contributed by atoms with Gasteiger partial charge in [0.05, 0.1) is 21.7 Å². The average Bonchev–Trinajstić information content (AvgIpc) is 3.52. The Bertz CT molecular complexity index is 1290. The molecule has 1 fully saturated rings. The van der Waals surface area contributed by atoms with Gasteiger partial charge in [0.2, 0.25) is 10.0 Å². The largest absolute Gasteiger partial charge is 0.305 e. The molecule has 1 aliphatic rings. The molecule has 148 valence electrons. The first kappa shape index (κ1) is 19.6. The molecule has 3 aromatic rings. The highest BCUT2D eigenvalue weighted by Gasteiger charge is 2.34. The van der Waals surface area contributed by atoms with E-state index in [0.29, 0.717) is 16.9 Å². The predicted octanol–water partition coefficient (Wildman–Crippen LogP) is 2.86. The molecule has 0 aliphatic heterocycles. The van der Waals surface area contributed by atoms with E-state index in [2.05, 4.69) is 10.9 Å². The van der Waals surface area contributed by atoms with Crippen LogP contribution in [0.5, 0.6) is 0 Å². The zero-order valence-corrected chi connectivity index (χ0v) is 17.4. The number of amides is 1. The van der Waals surface area contributed by atoms with Gasteiger partial charge in [-0.25, -0.2) is 8.42 Å². The lowest BCUT2D eigenvalue weighted by Gasteiger charge is -2.16. The lowest BCUT2D eigenvalue weighted by molar-refractivity contribution is 0.0998. The van der Waals surface area contributed by atoms with E-state index in [1.165, 1.54) is 39.9 Å². The number of rotatable bonds is 5. The van der Waals surface area contributed by atoms with Crippen molar-refractivity contribution < 1.29 is 13.2 Å². The molecule has 1 saturated carbocycles. The van der Waals surface area contributed by atoms with Crippen LogP contribution in [-0.4, -0.2) is 36.3 Å². The van der Waals surface area contributed by atoms with Crippen molar-refractivity contribution in [1.82, 2.24) is 8.87 Å². The van der Waals surface area contributed by atoms with E-state index < -0.39 is 15.9 Å². The molecule has 0 saturated heterocycles. The second-order valence-corrected chi connectivity index (χ2v) is 9.84. The van der Waals surface area contributed by atoms with Gasteiger partial charge in [-0.2, -0.15) is 9.30 Å². The van der Waals surface area contributed by atoms with Crippen molar-refractivity contribution in [2.45, 2.75) is 30.3 Å². The summed E-state index contributed by atoms with van der Waals surface area (Å²) in [6, 6.07) is 13.7. The topological polar surface area (TPSA) is 71.7 Å². The van der Waals surface area contributed by atoms with Crippen LogP contribution in [0.4, 0.5) is 0 Å². The summed E-state index contributed by atoms with van der Waals surface area (Å²) in [5, 5.41) is 0. The Labute approximate surface area is 173 Å². The highest BCUT2D eigenvalue weighted by atomic mass is 32.2. The van der Waals surface area contributed by atoms with E-state index in [1.807, 2.05) is 28.8 Å². The summed E-state index contributed by atoms with van der Waals surface area (Å²) in [6.07, 6.45) is 7.25. The third kappa shape index (κ3) is 3.77. The molecule has 0 N–H and O–H groups in total. The van der Waals surface area contributed by atoms with Crippen LogP contribution in [-0.2, 0) is 16.6 Å². The second kappa shape index (κ2) is 7.59. The molecule has 0 atom stereocenters.